The summed E-state index contributed by atoms with van der Waals surface area (Å²) in [6.07, 6.45) is 3.39. The average Bonchev–Trinajstić information content (AvgIpc) is 3.11. The van der Waals surface area contributed by atoms with Gasteiger partial charge in [-0.05, 0) is 30.3 Å². The van der Waals surface area contributed by atoms with Crippen LogP contribution in [-0.4, -0.2) is 44.4 Å². The van der Waals surface area contributed by atoms with Crippen LogP contribution in [0, 0.1) is 0 Å². The molecule has 1 aliphatic heterocycles. The van der Waals surface area contributed by atoms with Crippen molar-refractivity contribution in [2.75, 3.05) is 13.6 Å². The van der Waals surface area contributed by atoms with Crippen LogP contribution in [0.4, 0.5) is 0 Å². The molecule has 7 heteroatoms. The molecule has 1 amide bonds. The largest absolute Gasteiger partial charge is 0.342 e. The van der Waals surface area contributed by atoms with Crippen LogP contribution in [0.2, 0.25) is 0 Å². The van der Waals surface area contributed by atoms with Crippen molar-refractivity contribution in [1.29, 1.82) is 0 Å². The third-order valence-electron chi connectivity index (χ3n) is 4.49. The van der Waals surface area contributed by atoms with Gasteiger partial charge in [-0.3, -0.25) is 14.7 Å². The van der Waals surface area contributed by atoms with Gasteiger partial charge in [0.2, 0.25) is 0 Å². The molecule has 1 N–H and O–H groups in total. The summed E-state index contributed by atoms with van der Waals surface area (Å²) < 4.78 is 1.62. The number of carbonyl (C=O) groups is 1. The van der Waals surface area contributed by atoms with Crippen molar-refractivity contribution in [2.45, 2.75) is 19.1 Å². The van der Waals surface area contributed by atoms with Crippen molar-refractivity contribution in [2.24, 2.45) is 0 Å². The topological polar surface area (TPSA) is 75.9 Å². The fourth-order valence-electron chi connectivity index (χ4n) is 3.28. The van der Waals surface area contributed by atoms with Gasteiger partial charge < -0.3 is 5.32 Å². The van der Waals surface area contributed by atoms with Crippen LogP contribution in [0.25, 0.3) is 0 Å². The Balaban J connectivity index is 1.47. The Hall–Kier alpha value is -3.06. The summed E-state index contributed by atoms with van der Waals surface area (Å²) in [5, 5.41) is 11.1. The maximum Gasteiger partial charge on any atom is 0.273 e. The Labute approximate surface area is 151 Å². The lowest BCUT2D eigenvalue weighted by atomic mass is 9.95. The molecule has 132 valence electrons. The second-order valence-electron chi connectivity index (χ2n) is 6.54. The van der Waals surface area contributed by atoms with Crippen molar-refractivity contribution >= 4 is 5.91 Å². The predicted molar refractivity (Wildman–Crippen MR) is 96.3 cm³/mol. The van der Waals surface area contributed by atoms with Crippen LogP contribution in [-0.2, 0) is 13.1 Å². The number of pyridine rings is 1. The van der Waals surface area contributed by atoms with Crippen LogP contribution >= 0.6 is 0 Å². The first-order valence-electron chi connectivity index (χ1n) is 8.56. The molecule has 1 unspecified atom stereocenters. The number of likely N-dealkylation sites (N-methyl/N-ethyl adjacent to an activating group) is 1. The van der Waals surface area contributed by atoms with Crippen LogP contribution in [0.15, 0.2) is 54.9 Å². The highest BCUT2D eigenvalue weighted by molar-refractivity contribution is 5.92. The number of amides is 1. The summed E-state index contributed by atoms with van der Waals surface area (Å²) in [5.41, 5.74) is 3.59. The number of nitrogens with one attached hydrogen (secondary N) is 1. The van der Waals surface area contributed by atoms with Gasteiger partial charge >= 0.3 is 0 Å². The lowest BCUT2D eigenvalue weighted by Crippen LogP contribution is -2.40. The van der Waals surface area contributed by atoms with Crippen LogP contribution in [0.1, 0.15) is 33.4 Å². The fraction of sp³-hybridized carbons (Fsp3) is 0.263. The number of carbonyl (C=O) groups excluding carboxylic acids is 1. The molecule has 0 radical (unpaired) electrons. The highest BCUT2D eigenvalue weighted by Gasteiger charge is 2.25. The van der Waals surface area contributed by atoms with Crippen molar-refractivity contribution in [3.05, 3.63) is 77.4 Å². The molecule has 7 nitrogen and oxygen atoms in total. The molecular formula is C19H20N6O. The Morgan fingerprint density at radius 2 is 2.08 bits per heavy atom. The van der Waals surface area contributed by atoms with E-state index in [1.54, 1.807) is 17.1 Å². The maximum absolute atomic E-state index is 12.6. The summed E-state index contributed by atoms with van der Waals surface area (Å²) in [6, 6.07) is 13.9. The number of hydrogen-bond donors (Lipinski definition) is 1. The van der Waals surface area contributed by atoms with Gasteiger partial charge in [0.1, 0.15) is 0 Å². The van der Waals surface area contributed by atoms with E-state index in [9.17, 15) is 4.79 Å². The Kier molecular flexibility index (Phi) is 4.45. The minimum atomic E-state index is -0.215. The first kappa shape index (κ1) is 16.4. The van der Waals surface area contributed by atoms with Crippen molar-refractivity contribution < 1.29 is 4.79 Å². The SMILES string of the molecule is CN1Cc2ccccc2C(NC(=O)c2cn(Cc3ccccn3)nn2)C1. The van der Waals surface area contributed by atoms with E-state index >= 15 is 0 Å². The van der Waals surface area contributed by atoms with Crippen LogP contribution in [0.3, 0.4) is 0 Å². The van der Waals surface area contributed by atoms with Crippen LogP contribution < -0.4 is 5.32 Å². The smallest absolute Gasteiger partial charge is 0.273 e. The Morgan fingerprint density at radius 1 is 1.23 bits per heavy atom. The van der Waals surface area contributed by atoms with Crippen molar-refractivity contribution in [3.8, 4) is 0 Å². The first-order valence-corrected chi connectivity index (χ1v) is 8.56. The Bertz CT molecular complexity index is 907. The molecule has 1 atom stereocenters. The zero-order valence-corrected chi connectivity index (χ0v) is 14.5. The Morgan fingerprint density at radius 3 is 2.92 bits per heavy atom. The first-order chi connectivity index (χ1) is 12.7. The standard InChI is InChI=1S/C19H20N6O/c1-24-10-14-6-2-3-8-16(14)17(12-24)21-19(26)18-13-25(23-22-18)11-15-7-4-5-9-20-15/h2-9,13,17H,10-12H2,1H3,(H,21,26). The van der Waals surface area contributed by atoms with Gasteiger partial charge in [-0.25, -0.2) is 4.68 Å². The number of aromatic nitrogens is 4. The van der Waals surface area contributed by atoms with Crippen molar-refractivity contribution in [1.82, 2.24) is 30.2 Å². The van der Waals surface area contributed by atoms with E-state index in [0.29, 0.717) is 12.2 Å². The van der Waals surface area contributed by atoms with Gasteiger partial charge in [-0.2, -0.15) is 0 Å². The summed E-state index contributed by atoms with van der Waals surface area (Å²) in [7, 11) is 2.05. The van der Waals surface area contributed by atoms with Gasteiger partial charge in [-0.1, -0.05) is 35.5 Å². The maximum atomic E-state index is 12.6. The van der Waals surface area contributed by atoms with Gasteiger partial charge in [0, 0.05) is 19.3 Å². The molecule has 4 rings (SSSR count). The molecule has 26 heavy (non-hydrogen) atoms. The van der Waals surface area contributed by atoms with E-state index in [4.69, 9.17) is 0 Å². The molecule has 0 bridgehead atoms. The third kappa shape index (κ3) is 3.48. The molecule has 1 aliphatic rings. The van der Waals surface area contributed by atoms with Gasteiger partial charge in [0.05, 0.1) is 24.5 Å². The molecule has 3 aromatic rings. The highest BCUT2D eigenvalue weighted by atomic mass is 16.2. The summed E-state index contributed by atoms with van der Waals surface area (Å²) in [6.45, 7) is 2.14. The van der Waals surface area contributed by atoms with Gasteiger partial charge in [-0.15, -0.1) is 5.10 Å². The lowest BCUT2D eigenvalue weighted by molar-refractivity contribution is 0.0917. The number of rotatable bonds is 4. The number of hydrogen-bond acceptors (Lipinski definition) is 5. The summed E-state index contributed by atoms with van der Waals surface area (Å²) in [5.74, 6) is -0.215. The molecule has 2 aromatic heterocycles. The molecule has 3 heterocycles. The molecule has 1 aromatic carbocycles. The van der Waals surface area contributed by atoms with E-state index < -0.39 is 0 Å². The molecule has 0 saturated heterocycles. The van der Waals surface area contributed by atoms with E-state index in [2.05, 4.69) is 44.7 Å². The zero-order valence-electron chi connectivity index (χ0n) is 14.5. The highest BCUT2D eigenvalue weighted by Crippen LogP contribution is 2.25. The fourth-order valence-corrected chi connectivity index (χ4v) is 3.28. The van der Waals surface area contributed by atoms with E-state index in [1.807, 2.05) is 30.3 Å². The normalized spacial score (nSPS) is 16.9. The third-order valence-corrected chi connectivity index (χ3v) is 4.49. The van der Waals surface area contributed by atoms with Crippen molar-refractivity contribution in [3.63, 3.8) is 0 Å². The quantitative estimate of drug-likeness (QED) is 0.776. The molecule has 0 spiro atoms. The number of fused-ring (bicyclic) bond motifs is 1. The average molecular weight is 348 g/mol. The van der Waals surface area contributed by atoms with Gasteiger partial charge in [0.15, 0.2) is 5.69 Å². The second-order valence-corrected chi connectivity index (χ2v) is 6.54. The van der Waals surface area contributed by atoms with E-state index in [1.165, 1.54) is 11.1 Å². The number of nitrogens with zero attached hydrogens (tertiary/aromatic N) is 5. The molecular weight excluding hydrogens is 328 g/mol. The predicted octanol–water partition coefficient (Wildman–Crippen LogP) is 1.64. The monoisotopic (exact) mass is 348 g/mol. The number of benzene rings is 1. The minimum Gasteiger partial charge on any atom is -0.342 e. The lowest BCUT2D eigenvalue weighted by Gasteiger charge is -2.32. The van der Waals surface area contributed by atoms with Crippen LogP contribution in [0.5, 0.6) is 0 Å². The summed E-state index contributed by atoms with van der Waals surface area (Å²) >= 11 is 0. The summed E-state index contributed by atoms with van der Waals surface area (Å²) in [4.78, 5) is 19.1. The minimum absolute atomic E-state index is 0.0570. The molecule has 0 fully saturated rings. The zero-order chi connectivity index (χ0) is 17.9. The van der Waals surface area contributed by atoms with E-state index in [-0.39, 0.29) is 11.9 Å². The van der Waals surface area contributed by atoms with Gasteiger partial charge in [0.25, 0.3) is 5.91 Å². The van der Waals surface area contributed by atoms with E-state index in [0.717, 1.165) is 18.8 Å². The molecule has 0 saturated carbocycles. The molecule has 0 aliphatic carbocycles. The second kappa shape index (κ2) is 7.05.